The highest BCUT2D eigenvalue weighted by atomic mass is 15.3. The third kappa shape index (κ3) is 2.01. The van der Waals surface area contributed by atoms with Crippen molar-refractivity contribution in [2.45, 2.75) is 50.1 Å². The van der Waals surface area contributed by atoms with Gasteiger partial charge in [-0.3, -0.25) is 4.90 Å². The lowest BCUT2D eigenvalue weighted by atomic mass is 9.85. The van der Waals surface area contributed by atoms with Crippen LogP contribution in [-0.2, 0) is 6.42 Å². The van der Waals surface area contributed by atoms with Gasteiger partial charge < -0.3 is 10.6 Å². The molecule has 2 saturated heterocycles. The van der Waals surface area contributed by atoms with E-state index in [9.17, 15) is 0 Å². The monoisotopic (exact) mass is 285 g/mol. The van der Waals surface area contributed by atoms with E-state index in [2.05, 4.69) is 34.1 Å². The standard InChI is InChI=1S/C18H27N3/c19-14-18(10-13-20-11-5-9-17(18)20)21-12-4-3-7-15-6-1-2-8-16(15)21/h1-2,6,8,17H,3-5,7,9-14,19H2. The number of para-hydroxylation sites is 1. The highest BCUT2D eigenvalue weighted by Crippen LogP contribution is 2.43. The highest BCUT2D eigenvalue weighted by molar-refractivity contribution is 5.57. The summed E-state index contributed by atoms with van der Waals surface area (Å²) in [6.07, 6.45) is 7.74. The summed E-state index contributed by atoms with van der Waals surface area (Å²) in [6, 6.07) is 9.71. The quantitative estimate of drug-likeness (QED) is 0.905. The molecule has 21 heavy (non-hydrogen) atoms. The minimum Gasteiger partial charge on any atom is -0.363 e. The minimum absolute atomic E-state index is 0.178. The highest BCUT2D eigenvalue weighted by Gasteiger charge is 2.52. The summed E-state index contributed by atoms with van der Waals surface area (Å²) in [4.78, 5) is 5.41. The van der Waals surface area contributed by atoms with E-state index < -0.39 is 0 Å². The van der Waals surface area contributed by atoms with E-state index in [0.717, 1.165) is 6.54 Å². The number of hydrogen-bond donors (Lipinski definition) is 1. The Balaban J connectivity index is 1.77. The minimum atomic E-state index is 0.178. The Morgan fingerprint density at radius 3 is 2.90 bits per heavy atom. The van der Waals surface area contributed by atoms with E-state index in [1.54, 1.807) is 0 Å². The third-order valence-electron chi connectivity index (χ3n) is 6.07. The summed E-state index contributed by atoms with van der Waals surface area (Å²) in [5, 5.41) is 0. The van der Waals surface area contributed by atoms with E-state index in [0.29, 0.717) is 6.04 Å². The van der Waals surface area contributed by atoms with Gasteiger partial charge in [0.2, 0.25) is 0 Å². The van der Waals surface area contributed by atoms with Crippen LogP contribution < -0.4 is 10.6 Å². The van der Waals surface area contributed by atoms with Crippen LogP contribution >= 0.6 is 0 Å². The first-order chi connectivity index (χ1) is 10.3. The first-order valence-corrected chi connectivity index (χ1v) is 8.65. The molecular formula is C18H27N3. The molecule has 3 heterocycles. The summed E-state index contributed by atoms with van der Waals surface area (Å²) in [5.41, 5.74) is 9.57. The lowest BCUT2D eigenvalue weighted by molar-refractivity contribution is 0.256. The molecule has 0 bridgehead atoms. The molecule has 0 aromatic heterocycles. The molecule has 0 spiro atoms. The van der Waals surface area contributed by atoms with Crippen molar-refractivity contribution in [3.05, 3.63) is 29.8 Å². The molecule has 0 amide bonds. The fraction of sp³-hybridized carbons (Fsp3) is 0.667. The zero-order chi connectivity index (χ0) is 14.3. The maximum atomic E-state index is 6.40. The molecular weight excluding hydrogens is 258 g/mol. The zero-order valence-electron chi connectivity index (χ0n) is 12.9. The van der Waals surface area contributed by atoms with Gasteiger partial charge in [-0.2, -0.15) is 0 Å². The first kappa shape index (κ1) is 13.6. The molecule has 1 aromatic rings. The number of aryl methyl sites for hydroxylation is 1. The average molecular weight is 285 g/mol. The lowest BCUT2D eigenvalue weighted by Gasteiger charge is -2.46. The van der Waals surface area contributed by atoms with Crippen molar-refractivity contribution >= 4 is 5.69 Å². The van der Waals surface area contributed by atoms with Gasteiger partial charge >= 0.3 is 0 Å². The fourth-order valence-corrected chi connectivity index (χ4v) is 5.02. The van der Waals surface area contributed by atoms with Gasteiger partial charge in [0.15, 0.2) is 0 Å². The van der Waals surface area contributed by atoms with Gasteiger partial charge in [0.1, 0.15) is 0 Å². The normalized spacial score (nSPS) is 32.8. The fourth-order valence-electron chi connectivity index (χ4n) is 5.02. The van der Waals surface area contributed by atoms with E-state index in [4.69, 9.17) is 5.73 Å². The summed E-state index contributed by atoms with van der Waals surface area (Å²) in [7, 11) is 0. The number of nitrogens with two attached hydrogens (primary N) is 1. The number of nitrogens with zero attached hydrogens (tertiary/aromatic N) is 2. The van der Waals surface area contributed by atoms with Crippen molar-refractivity contribution in [3.8, 4) is 0 Å². The van der Waals surface area contributed by atoms with Gasteiger partial charge in [0, 0.05) is 31.4 Å². The molecule has 3 aliphatic rings. The molecule has 2 unspecified atom stereocenters. The first-order valence-electron chi connectivity index (χ1n) is 8.65. The van der Waals surface area contributed by atoms with E-state index in [-0.39, 0.29) is 5.54 Å². The zero-order valence-corrected chi connectivity index (χ0v) is 12.9. The van der Waals surface area contributed by atoms with Crippen molar-refractivity contribution in [1.29, 1.82) is 0 Å². The topological polar surface area (TPSA) is 32.5 Å². The Hall–Kier alpha value is -1.06. The van der Waals surface area contributed by atoms with Crippen LogP contribution in [0.1, 0.15) is 37.7 Å². The summed E-state index contributed by atoms with van der Waals surface area (Å²) >= 11 is 0. The largest absolute Gasteiger partial charge is 0.363 e. The van der Waals surface area contributed by atoms with Gasteiger partial charge in [0.05, 0.1) is 5.54 Å². The summed E-state index contributed by atoms with van der Waals surface area (Å²) < 4.78 is 0. The molecule has 114 valence electrons. The van der Waals surface area contributed by atoms with Crippen LogP contribution in [0.15, 0.2) is 24.3 Å². The van der Waals surface area contributed by atoms with Crippen LogP contribution in [0.2, 0.25) is 0 Å². The number of fused-ring (bicyclic) bond motifs is 2. The Bertz CT molecular complexity index is 515. The van der Waals surface area contributed by atoms with Crippen molar-refractivity contribution < 1.29 is 0 Å². The number of rotatable bonds is 2. The molecule has 0 radical (unpaired) electrons. The van der Waals surface area contributed by atoms with Crippen LogP contribution in [0.3, 0.4) is 0 Å². The molecule has 3 nitrogen and oxygen atoms in total. The van der Waals surface area contributed by atoms with Crippen LogP contribution in [0.25, 0.3) is 0 Å². The van der Waals surface area contributed by atoms with Crippen molar-refractivity contribution in [2.75, 3.05) is 31.1 Å². The maximum absolute atomic E-state index is 6.40. The maximum Gasteiger partial charge on any atom is 0.0690 e. The molecule has 2 N–H and O–H groups in total. The second kappa shape index (κ2) is 5.29. The predicted molar refractivity (Wildman–Crippen MR) is 87.7 cm³/mol. The second-order valence-corrected chi connectivity index (χ2v) is 6.99. The van der Waals surface area contributed by atoms with Crippen molar-refractivity contribution in [1.82, 2.24) is 4.90 Å². The van der Waals surface area contributed by atoms with Gasteiger partial charge in [-0.25, -0.2) is 0 Å². The van der Waals surface area contributed by atoms with Gasteiger partial charge in [-0.15, -0.1) is 0 Å². The predicted octanol–water partition coefficient (Wildman–Crippen LogP) is 2.39. The van der Waals surface area contributed by atoms with Crippen molar-refractivity contribution in [2.24, 2.45) is 5.73 Å². The van der Waals surface area contributed by atoms with Crippen LogP contribution in [0.5, 0.6) is 0 Å². The number of hydrogen-bond acceptors (Lipinski definition) is 3. The summed E-state index contributed by atoms with van der Waals surface area (Å²) in [5.74, 6) is 0. The molecule has 0 aliphatic carbocycles. The SMILES string of the molecule is NCC1(N2CCCCc3ccccc32)CCN2CCCC21. The lowest BCUT2D eigenvalue weighted by Crippen LogP contribution is -2.60. The summed E-state index contributed by atoms with van der Waals surface area (Å²) in [6.45, 7) is 4.49. The van der Waals surface area contributed by atoms with Gasteiger partial charge in [-0.1, -0.05) is 18.2 Å². The van der Waals surface area contributed by atoms with E-state index in [1.807, 2.05) is 0 Å². The Labute approximate surface area is 128 Å². The average Bonchev–Trinajstić information content (AvgIpc) is 3.05. The Morgan fingerprint density at radius 1 is 1.10 bits per heavy atom. The van der Waals surface area contributed by atoms with Crippen molar-refractivity contribution in [3.63, 3.8) is 0 Å². The molecule has 2 atom stereocenters. The van der Waals surface area contributed by atoms with E-state index >= 15 is 0 Å². The Morgan fingerprint density at radius 2 is 2.00 bits per heavy atom. The Kier molecular flexibility index (Phi) is 3.43. The second-order valence-electron chi connectivity index (χ2n) is 6.99. The van der Waals surface area contributed by atoms with Crippen LogP contribution in [0, 0.1) is 0 Å². The van der Waals surface area contributed by atoms with Gasteiger partial charge in [0.25, 0.3) is 0 Å². The molecule has 1 aromatic carbocycles. The van der Waals surface area contributed by atoms with Gasteiger partial charge in [-0.05, 0) is 56.7 Å². The number of benzene rings is 1. The molecule has 3 heteroatoms. The number of anilines is 1. The molecule has 3 aliphatic heterocycles. The molecule has 2 fully saturated rings. The molecule has 4 rings (SSSR count). The van der Waals surface area contributed by atoms with E-state index in [1.165, 1.54) is 69.4 Å². The molecule has 0 saturated carbocycles. The van der Waals surface area contributed by atoms with Crippen LogP contribution in [-0.4, -0.2) is 42.7 Å². The van der Waals surface area contributed by atoms with Crippen LogP contribution in [0.4, 0.5) is 5.69 Å². The third-order valence-corrected chi connectivity index (χ3v) is 6.07. The smallest absolute Gasteiger partial charge is 0.0690 e.